The molecule has 1 spiro atoms. The second kappa shape index (κ2) is 8.18. The second-order valence-electron chi connectivity index (χ2n) is 12.5. The number of carbonyl (C=O) groups is 2. The molecule has 2 aliphatic carbocycles. The minimum atomic E-state index is -0.202. The van der Waals surface area contributed by atoms with Gasteiger partial charge in [-0.05, 0) is 49.3 Å². The highest BCUT2D eigenvalue weighted by atomic mass is 35.5. The second-order valence-corrected chi connectivity index (χ2v) is 14.1. The Hall–Kier alpha value is -2.68. The van der Waals surface area contributed by atoms with Crippen molar-refractivity contribution in [1.82, 2.24) is 15.2 Å². The van der Waals surface area contributed by atoms with Crippen molar-refractivity contribution in [2.24, 2.45) is 17.3 Å². The maximum Gasteiger partial charge on any atom is 0.234 e. The van der Waals surface area contributed by atoms with Crippen LogP contribution in [-0.2, 0) is 16.1 Å². The molecule has 202 valence electrons. The molecule has 2 saturated heterocycles. The van der Waals surface area contributed by atoms with Gasteiger partial charge in [0.15, 0.2) is 0 Å². The Balaban J connectivity index is 1.17. The first-order valence-corrected chi connectivity index (χ1v) is 15.2. The summed E-state index contributed by atoms with van der Waals surface area (Å²) >= 11 is 8.26. The van der Waals surface area contributed by atoms with Gasteiger partial charge in [0.05, 0.1) is 40.8 Å². The number of anilines is 1. The van der Waals surface area contributed by atoms with E-state index in [0.29, 0.717) is 29.8 Å². The Labute approximate surface area is 236 Å². The quantitative estimate of drug-likeness (QED) is 0.438. The number of halogens is 1. The summed E-state index contributed by atoms with van der Waals surface area (Å²) in [6.07, 6.45) is 6.82. The number of nitrogens with zero attached hydrogens (tertiary/aromatic N) is 3. The average Bonchev–Trinajstić information content (AvgIpc) is 3.30. The van der Waals surface area contributed by atoms with Crippen LogP contribution in [0.25, 0.3) is 21.3 Å². The highest BCUT2D eigenvalue weighted by Crippen LogP contribution is 2.63. The Morgan fingerprint density at radius 3 is 2.67 bits per heavy atom. The molecule has 0 radical (unpaired) electrons. The first-order valence-electron chi connectivity index (χ1n) is 14.0. The number of piperidine rings is 1. The molecule has 5 heterocycles. The van der Waals surface area contributed by atoms with Crippen molar-refractivity contribution in [1.29, 1.82) is 0 Å². The van der Waals surface area contributed by atoms with Gasteiger partial charge in [0.1, 0.15) is 12.4 Å². The first-order chi connectivity index (χ1) is 18.8. The van der Waals surface area contributed by atoms with Crippen molar-refractivity contribution in [3.63, 3.8) is 0 Å². The summed E-state index contributed by atoms with van der Waals surface area (Å²) in [5, 5.41) is 4.47. The Bertz CT molecular complexity index is 1540. The SMILES string of the molecule is CC1(C)C2C(=O)N(Cc3cc4nccc(-c5cc(Cl)cc6c5N([C@@H]5CNC7(CCC7)C5)CCO6)c4s3)C(=O)C21. The van der Waals surface area contributed by atoms with Crippen LogP contribution in [0, 0.1) is 17.3 Å². The number of aromatic nitrogens is 1. The molecule has 5 aliphatic rings. The van der Waals surface area contributed by atoms with Crippen LogP contribution in [0.3, 0.4) is 0 Å². The first kappa shape index (κ1) is 24.1. The number of likely N-dealkylation sites (tertiary alicyclic amines) is 1. The van der Waals surface area contributed by atoms with Crippen LogP contribution in [0.15, 0.2) is 30.5 Å². The molecule has 3 atom stereocenters. The minimum absolute atomic E-state index is 0.0354. The van der Waals surface area contributed by atoms with Gasteiger partial charge < -0.3 is 15.0 Å². The van der Waals surface area contributed by atoms with Crippen LogP contribution in [0.1, 0.15) is 44.4 Å². The van der Waals surface area contributed by atoms with Gasteiger partial charge in [-0.3, -0.25) is 19.5 Å². The molecule has 7 nitrogen and oxygen atoms in total. The van der Waals surface area contributed by atoms with Crippen molar-refractivity contribution in [2.45, 2.75) is 57.7 Å². The van der Waals surface area contributed by atoms with Gasteiger partial charge in [-0.2, -0.15) is 0 Å². The largest absolute Gasteiger partial charge is 0.489 e. The molecule has 2 amide bonds. The van der Waals surface area contributed by atoms with Crippen LogP contribution in [-0.4, -0.2) is 53.0 Å². The zero-order valence-corrected chi connectivity index (χ0v) is 23.7. The molecule has 3 aliphatic heterocycles. The van der Waals surface area contributed by atoms with Gasteiger partial charge in [0.25, 0.3) is 0 Å². The van der Waals surface area contributed by atoms with E-state index < -0.39 is 0 Å². The zero-order valence-electron chi connectivity index (χ0n) is 22.1. The monoisotopic (exact) mass is 562 g/mol. The fourth-order valence-electron chi connectivity index (χ4n) is 7.64. The molecule has 0 bridgehead atoms. The molecule has 1 N–H and O–H groups in total. The number of amides is 2. The lowest BCUT2D eigenvalue weighted by molar-refractivity contribution is -0.143. The van der Waals surface area contributed by atoms with E-state index in [9.17, 15) is 9.59 Å². The Morgan fingerprint density at radius 1 is 1.15 bits per heavy atom. The van der Waals surface area contributed by atoms with E-state index in [1.54, 1.807) is 11.3 Å². The Kier molecular flexibility index (Phi) is 5.06. The zero-order chi connectivity index (χ0) is 26.7. The van der Waals surface area contributed by atoms with Crippen LogP contribution in [0.5, 0.6) is 5.75 Å². The summed E-state index contributed by atoms with van der Waals surface area (Å²) in [5.74, 6) is 0.427. The van der Waals surface area contributed by atoms with Gasteiger partial charge in [-0.15, -0.1) is 11.3 Å². The summed E-state index contributed by atoms with van der Waals surface area (Å²) in [5.41, 5.74) is 4.17. The van der Waals surface area contributed by atoms with Gasteiger partial charge in [-0.25, -0.2) is 0 Å². The summed E-state index contributed by atoms with van der Waals surface area (Å²) in [6.45, 7) is 6.79. The highest BCUT2D eigenvalue weighted by molar-refractivity contribution is 7.19. The predicted octanol–water partition coefficient (Wildman–Crippen LogP) is 5.24. The molecule has 8 rings (SSSR count). The summed E-state index contributed by atoms with van der Waals surface area (Å²) in [4.78, 5) is 35.5. The fraction of sp³-hybridized carbons (Fsp3) is 0.500. The number of rotatable bonds is 4. The van der Waals surface area contributed by atoms with E-state index in [-0.39, 0.29) is 29.1 Å². The predicted molar refractivity (Wildman–Crippen MR) is 152 cm³/mol. The van der Waals surface area contributed by atoms with E-state index in [1.807, 2.05) is 44.3 Å². The fourth-order valence-corrected chi connectivity index (χ4v) is 8.98. The van der Waals surface area contributed by atoms with Crippen molar-refractivity contribution in [2.75, 3.05) is 24.6 Å². The van der Waals surface area contributed by atoms with Crippen molar-refractivity contribution >= 4 is 50.7 Å². The normalized spacial score (nSPS) is 28.0. The van der Waals surface area contributed by atoms with Crippen LogP contribution < -0.4 is 15.0 Å². The molecule has 2 unspecified atom stereocenters. The van der Waals surface area contributed by atoms with Crippen LogP contribution in [0.2, 0.25) is 5.02 Å². The molecular weight excluding hydrogens is 532 g/mol. The van der Waals surface area contributed by atoms with Crippen LogP contribution in [0.4, 0.5) is 5.69 Å². The topological polar surface area (TPSA) is 74.8 Å². The number of fused-ring (bicyclic) bond motifs is 3. The van der Waals surface area contributed by atoms with Crippen molar-refractivity contribution < 1.29 is 14.3 Å². The van der Waals surface area contributed by atoms with Gasteiger partial charge in [0.2, 0.25) is 11.8 Å². The number of hydrogen-bond donors (Lipinski definition) is 1. The third kappa shape index (κ3) is 3.47. The number of ether oxygens (including phenoxy) is 1. The summed E-state index contributed by atoms with van der Waals surface area (Å²) in [7, 11) is 0. The Morgan fingerprint density at radius 2 is 1.95 bits per heavy atom. The molecule has 39 heavy (non-hydrogen) atoms. The highest BCUT2D eigenvalue weighted by Gasteiger charge is 2.72. The van der Waals surface area contributed by atoms with Crippen molar-refractivity contribution in [3.8, 4) is 16.9 Å². The van der Waals surface area contributed by atoms with E-state index in [0.717, 1.165) is 57.2 Å². The summed E-state index contributed by atoms with van der Waals surface area (Å²) in [6, 6.07) is 8.45. The number of benzene rings is 1. The van der Waals surface area contributed by atoms with Gasteiger partial charge >= 0.3 is 0 Å². The van der Waals surface area contributed by atoms with Crippen LogP contribution >= 0.6 is 22.9 Å². The number of hydrogen-bond acceptors (Lipinski definition) is 7. The maximum atomic E-state index is 13.0. The molecule has 2 saturated carbocycles. The molecule has 1 aromatic carbocycles. The third-order valence-electron chi connectivity index (χ3n) is 9.97. The third-order valence-corrected chi connectivity index (χ3v) is 11.3. The smallest absolute Gasteiger partial charge is 0.234 e. The summed E-state index contributed by atoms with van der Waals surface area (Å²) < 4.78 is 7.20. The lowest BCUT2D eigenvalue weighted by atomic mass is 9.75. The molecular formula is C30H31ClN4O3S. The number of nitrogens with one attached hydrogen (secondary N) is 1. The lowest BCUT2D eigenvalue weighted by Crippen LogP contribution is -2.46. The lowest BCUT2D eigenvalue weighted by Gasteiger charge is -2.41. The number of carbonyl (C=O) groups excluding carboxylic acids is 2. The molecule has 2 aromatic heterocycles. The van der Waals surface area contributed by atoms with Gasteiger partial charge in [0, 0.05) is 51.4 Å². The van der Waals surface area contributed by atoms with Gasteiger partial charge in [-0.1, -0.05) is 25.4 Å². The molecule has 3 aromatic rings. The number of pyridine rings is 1. The molecule has 9 heteroatoms. The van der Waals surface area contributed by atoms with E-state index in [1.165, 1.54) is 24.2 Å². The van der Waals surface area contributed by atoms with E-state index in [4.69, 9.17) is 16.3 Å². The minimum Gasteiger partial charge on any atom is -0.489 e. The molecule has 4 fully saturated rings. The van der Waals surface area contributed by atoms with E-state index in [2.05, 4.69) is 15.2 Å². The average molecular weight is 563 g/mol. The number of thiophene rings is 1. The van der Waals surface area contributed by atoms with Crippen molar-refractivity contribution in [3.05, 3.63) is 40.4 Å². The maximum absolute atomic E-state index is 13.0. The standard InChI is InChI=1S/C30H31ClN4O3S/c1-29(2)23-24(29)28(37)35(27(23)36)15-18-12-21-26(39-18)19(4-7-32-21)20-10-16(31)11-22-25(20)34(8-9-38-22)17-13-30(33-14-17)5-3-6-30/h4,7,10-12,17,23-24,33H,3,5-6,8-9,13-15H2,1-2H3/t17-,23?,24?/m0/s1. The number of imide groups is 1. The van der Waals surface area contributed by atoms with E-state index >= 15 is 0 Å².